The Bertz CT molecular complexity index is 965. The quantitative estimate of drug-likeness (QED) is 0.322. The number of hydrogen-bond acceptors (Lipinski definition) is 8. The molecule has 4 saturated heterocycles. The molecule has 2 amide bonds. The summed E-state index contributed by atoms with van der Waals surface area (Å²) in [5.41, 5.74) is -0.867. The van der Waals surface area contributed by atoms with Crippen molar-refractivity contribution >= 4 is 18.5 Å². The number of nitrogens with zero attached hydrogens (tertiary/aromatic N) is 4. The van der Waals surface area contributed by atoms with Crippen LogP contribution in [0.5, 0.6) is 0 Å². The first-order chi connectivity index (χ1) is 21.6. The van der Waals surface area contributed by atoms with Crippen molar-refractivity contribution in [3.8, 4) is 0 Å². The second-order valence-electron chi connectivity index (χ2n) is 16.2. The van der Waals surface area contributed by atoms with E-state index in [0.29, 0.717) is 42.4 Å². The fraction of sp³-hybridized carbons (Fsp3) is 0.917. The van der Waals surface area contributed by atoms with E-state index in [2.05, 4.69) is 23.6 Å². The summed E-state index contributed by atoms with van der Waals surface area (Å²) >= 11 is 0. The molecule has 0 spiro atoms. The summed E-state index contributed by atoms with van der Waals surface area (Å²) < 4.78 is 11.0. The summed E-state index contributed by atoms with van der Waals surface area (Å²) in [7, 11) is 0. The van der Waals surface area contributed by atoms with Gasteiger partial charge in [0.2, 0.25) is 0 Å². The minimum Gasteiger partial charge on any atom is -0.444 e. The minimum atomic E-state index is -0.438. The van der Waals surface area contributed by atoms with Gasteiger partial charge in [-0.25, -0.2) is 9.59 Å². The zero-order chi connectivity index (χ0) is 34.1. The number of ether oxygens (including phenoxy) is 2. The van der Waals surface area contributed by atoms with Gasteiger partial charge in [-0.15, -0.1) is 0 Å². The second kappa shape index (κ2) is 17.5. The van der Waals surface area contributed by atoms with Gasteiger partial charge in [-0.05, 0) is 124 Å². The first-order valence-electron chi connectivity index (χ1n) is 18.1. The van der Waals surface area contributed by atoms with Crippen molar-refractivity contribution in [3.63, 3.8) is 0 Å². The molecule has 4 aliphatic rings. The predicted octanol–water partition coefficient (Wildman–Crippen LogP) is 5.94. The highest BCUT2D eigenvalue weighted by Crippen LogP contribution is 2.33. The molecule has 4 fully saturated rings. The standard InChI is InChI=1S/C18H34N2O3.C18H32N2O3/c2*1-14-13-19(17(22)23-18(2,3)4)11-9-16(14)20-10-5-7-15(20)8-6-12-21/h14-16,21H,5-13H2,1-4H3;12,14-16H,5-11,13H2,1-4H3/t2*14?,15-,16?/m00/s1. The number of carbonyl (C=O) groups excluding carboxylic acids is 3. The third kappa shape index (κ3) is 11.7. The molecular weight excluding hydrogens is 584 g/mol. The van der Waals surface area contributed by atoms with Gasteiger partial charge in [0.25, 0.3) is 0 Å². The molecule has 0 bridgehead atoms. The van der Waals surface area contributed by atoms with Crippen LogP contribution in [0.1, 0.15) is 120 Å². The summed E-state index contributed by atoms with van der Waals surface area (Å²) in [6, 6.07) is 2.23. The predicted molar refractivity (Wildman–Crippen MR) is 182 cm³/mol. The average molecular weight is 651 g/mol. The van der Waals surface area contributed by atoms with Crippen LogP contribution in [0.2, 0.25) is 0 Å². The Balaban J connectivity index is 0.000000250. The summed E-state index contributed by atoms with van der Waals surface area (Å²) in [6.45, 7) is 21.6. The summed E-state index contributed by atoms with van der Waals surface area (Å²) in [5, 5.41) is 9.09. The lowest BCUT2D eigenvalue weighted by atomic mass is 9.91. The van der Waals surface area contributed by atoms with E-state index in [0.717, 1.165) is 77.7 Å². The van der Waals surface area contributed by atoms with Crippen LogP contribution in [0.3, 0.4) is 0 Å². The Labute approximate surface area is 279 Å². The van der Waals surface area contributed by atoms with Gasteiger partial charge in [0.05, 0.1) is 0 Å². The summed E-state index contributed by atoms with van der Waals surface area (Å²) in [4.78, 5) is 44.1. The molecule has 4 aliphatic heterocycles. The van der Waals surface area contributed by atoms with Crippen LogP contribution in [0.15, 0.2) is 0 Å². The zero-order valence-corrected chi connectivity index (χ0v) is 30.3. The van der Waals surface area contributed by atoms with Crippen LogP contribution < -0.4 is 0 Å². The largest absolute Gasteiger partial charge is 0.444 e. The van der Waals surface area contributed by atoms with Crippen LogP contribution >= 0.6 is 0 Å². The van der Waals surface area contributed by atoms with Crippen molar-refractivity contribution in [1.29, 1.82) is 0 Å². The SMILES string of the molecule is CC1CN(C(=O)OC(C)(C)C)CCC1N1CCC[C@H]1CCC=O.CC1CN(C(=O)OC(C)(C)C)CCC1N1CCC[C@H]1CCCO. The fourth-order valence-electron chi connectivity index (χ4n) is 8.03. The number of rotatable bonds is 8. The number of aliphatic hydroxyl groups excluding tert-OH is 1. The Morgan fingerprint density at radius 2 is 1.15 bits per heavy atom. The smallest absolute Gasteiger partial charge is 0.410 e. The Morgan fingerprint density at radius 1 is 0.717 bits per heavy atom. The van der Waals surface area contributed by atoms with Crippen molar-refractivity contribution in [1.82, 2.24) is 19.6 Å². The average Bonchev–Trinajstić information content (AvgIpc) is 3.63. The molecule has 0 saturated carbocycles. The number of aliphatic hydroxyl groups is 1. The van der Waals surface area contributed by atoms with E-state index in [1.165, 1.54) is 25.7 Å². The van der Waals surface area contributed by atoms with Crippen LogP contribution in [-0.4, -0.2) is 124 Å². The molecule has 266 valence electrons. The number of amides is 2. The minimum absolute atomic E-state index is 0.180. The number of piperidine rings is 2. The molecular formula is C36H66N4O6. The van der Waals surface area contributed by atoms with Gasteiger partial charge >= 0.3 is 12.2 Å². The molecule has 0 aromatic carbocycles. The molecule has 0 aromatic heterocycles. The lowest BCUT2D eigenvalue weighted by molar-refractivity contribution is -0.108. The fourth-order valence-corrected chi connectivity index (χ4v) is 8.03. The van der Waals surface area contributed by atoms with Crippen molar-refractivity contribution in [2.75, 3.05) is 45.9 Å². The monoisotopic (exact) mass is 650 g/mol. The van der Waals surface area contributed by atoms with Crippen LogP contribution in [0, 0.1) is 11.8 Å². The Hall–Kier alpha value is -1.91. The van der Waals surface area contributed by atoms with E-state index in [1.807, 2.05) is 51.3 Å². The van der Waals surface area contributed by atoms with Gasteiger partial charge in [-0.1, -0.05) is 13.8 Å². The molecule has 4 heterocycles. The van der Waals surface area contributed by atoms with Crippen molar-refractivity contribution in [2.24, 2.45) is 11.8 Å². The van der Waals surface area contributed by atoms with E-state index in [9.17, 15) is 14.4 Å². The Kier molecular flexibility index (Phi) is 14.6. The highest BCUT2D eigenvalue weighted by molar-refractivity contribution is 5.68. The molecule has 0 radical (unpaired) electrons. The topological polar surface area (TPSA) is 103 Å². The third-order valence-corrected chi connectivity index (χ3v) is 10.0. The molecule has 6 atom stereocenters. The van der Waals surface area contributed by atoms with E-state index in [1.54, 1.807) is 0 Å². The highest BCUT2D eigenvalue weighted by Gasteiger charge is 2.39. The van der Waals surface area contributed by atoms with Gasteiger partial charge in [-0.3, -0.25) is 9.80 Å². The van der Waals surface area contributed by atoms with Crippen LogP contribution in [0.4, 0.5) is 9.59 Å². The first-order valence-corrected chi connectivity index (χ1v) is 18.1. The molecule has 10 heteroatoms. The number of carbonyl (C=O) groups is 3. The van der Waals surface area contributed by atoms with E-state index in [-0.39, 0.29) is 18.8 Å². The molecule has 46 heavy (non-hydrogen) atoms. The van der Waals surface area contributed by atoms with E-state index >= 15 is 0 Å². The maximum absolute atomic E-state index is 12.3. The second-order valence-corrected chi connectivity index (χ2v) is 16.2. The van der Waals surface area contributed by atoms with Crippen molar-refractivity contribution in [2.45, 2.75) is 155 Å². The molecule has 10 nitrogen and oxygen atoms in total. The van der Waals surface area contributed by atoms with Gasteiger partial charge in [-0.2, -0.15) is 0 Å². The van der Waals surface area contributed by atoms with Crippen LogP contribution in [0.25, 0.3) is 0 Å². The molecule has 0 aliphatic carbocycles. The molecule has 4 rings (SSSR count). The maximum atomic E-state index is 12.3. The molecule has 1 N–H and O–H groups in total. The van der Waals surface area contributed by atoms with E-state index < -0.39 is 11.2 Å². The van der Waals surface area contributed by atoms with Gasteiger partial charge in [0, 0.05) is 63.4 Å². The summed E-state index contributed by atoms with van der Waals surface area (Å²) in [6.07, 6.45) is 11.2. The third-order valence-electron chi connectivity index (χ3n) is 10.0. The van der Waals surface area contributed by atoms with Crippen LogP contribution in [-0.2, 0) is 14.3 Å². The van der Waals surface area contributed by atoms with Crippen molar-refractivity contribution in [3.05, 3.63) is 0 Å². The number of likely N-dealkylation sites (tertiary alicyclic amines) is 4. The Morgan fingerprint density at radius 3 is 1.52 bits per heavy atom. The van der Waals surface area contributed by atoms with Gasteiger partial charge in [0.15, 0.2) is 0 Å². The summed E-state index contributed by atoms with van der Waals surface area (Å²) in [5.74, 6) is 0.902. The zero-order valence-electron chi connectivity index (χ0n) is 30.3. The molecule has 0 aromatic rings. The lowest BCUT2D eigenvalue weighted by Gasteiger charge is -2.43. The highest BCUT2D eigenvalue weighted by atomic mass is 16.6. The first kappa shape index (κ1) is 38.5. The maximum Gasteiger partial charge on any atom is 0.410 e. The number of hydrogen-bond donors (Lipinski definition) is 1. The van der Waals surface area contributed by atoms with E-state index in [4.69, 9.17) is 14.6 Å². The van der Waals surface area contributed by atoms with Crippen molar-refractivity contribution < 1.29 is 29.0 Å². The number of aldehydes is 1. The van der Waals surface area contributed by atoms with Gasteiger partial charge in [0.1, 0.15) is 17.5 Å². The molecule has 4 unspecified atom stereocenters. The van der Waals surface area contributed by atoms with Gasteiger partial charge < -0.3 is 29.2 Å². The normalized spacial score (nSPS) is 29.7. The lowest BCUT2D eigenvalue weighted by Crippen LogP contribution is -2.53.